The van der Waals surface area contributed by atoms with Crippen molar-refractivity contribution in [3.8, 4) is 5.75 Å². The SMILES string of the molecule is COCC[C@@H]1[C@@H](C)CCC[C@@H]([C@H]2OC[C@@H](N(C)C)CO2)[C@@H]2CC[C@H]2CN2CCCCc3cc(Cl)ccc3CCOc3ccc(cc32)C(=O)NS1(=O)=O. The van der Waals surface area contributed by atoms with Crippen molar-refractivity contribution in [2.45, 2.75) is 88.7 Å². The van der Waals surface area contributed by atoms with Gasteiger partial charge in [-0.2, -0.15) is 0 Å². The first-order valence-corrected chi connectivity index (χ1v) is 21.2. The van der Waals surface area contributed by atoms with E-state index in [0.29, 0.717) is 55.8 Å². The summed E-state index contributed by atoms with van der Waals surface area (Å²) in [7, 11) is 1.68. The maximum atomic E-state index is 13.9. The third-order valence-electron chi connectivity index (χ3n) is 12.0. The van der Waals surface area contributed by atoms with E-state index in [0.717, 1.165) is 75.2 Å². The van der Waals surface area contributed by atoms with Gasteiger partial charge in [-0.15, -0.1) is 0 Å². The number of carbonyl (C=O) groups excluding carboxylic acids is 1. The third kappa shape index (κ3) is 9.44. The molecule has 12 heteroatoms. The van der Waals surface area contributed by atoms with E-state index < -0.39 is 21.2 Å². The van der Waals surface area contributed by atoms with Crippen LogP contribution in [0.3, 0.4) is 0 Å². The Kier molecular flexibility index (Phi) is 13.5. The average Bonchev–Trinajstić information content (AvgIpc) is 3.10. The zero-order valence-corrected chi connectivity index (χ0v) is 32.9. The number of methoxy groups -OCH3 is 1. The lowest BCUT2D eigenvalue weighted by Crippen LogP contribution is -2.50. The summed E-state index contributed by atoms with van der Waals surface area (Å²) in [5.74, 6) is 0.922. The second-order valence-electron chi connectivity index (χ2n) is 15.6. The highest BCUT2D eigenvalue weighted by atomic mass is 35.5. The first-order chi connectivity index (χ1) is 25.0. The largest absolute Gasteiger partial charge is 0.491 e. The summed E-state index contributed by atoms with van der Waals surface area (Å²) in [4.78, 5) is 18.3. The van der Waals surface area contributed by atoms with Crippen LogP contribution in [0, 0.1) is 23.7 Å². The molecule has 2 aromatic rings. The molecule has 6 rings (SSSR count). The van der Waals surface area contributed by atoms with Crippen LogP contribution in [-0.4, -0.2) is 97.5 Å². The quantitative estimate of drug-likeness (QED) is 0.374. The number of fused-ring (bicyclic) bond motifs is 3. The number of aryl methyl sites for hydroxylation is 1. The van der Waals surface area contributed by atoms with E-state index >= 15 is 0 Å². The highest BCUT2D eigenvalue weighted by Gasteiger charge is 2.44. The molecular formula is C40H58ClN3O7S. The number of sulfonamides is 1. The number of benzene rings is 2. The van der Waals surface area contributed by atoms with Crippen molar-refractivity contribution in [1.82, 2.24) is 9.62 Å². The van der Waals surface area contributed by atoms with Crippen LogP contribution in [0.15, 0.2) is 36.4 Å². The smallest absolute Gasteiger partial charge is 0.264 e. The minimum Gasteiger partial charge on any atom is -0.491 e. The molecule has 1 amide bonds. The number of hydrogen-bond acceptors (Lipinski definition) is 9. The number of nitrogens with one attached hydrogen (secondary N) is 1. The van der Waals surface area contributed by atoms with E-state index in [2.05, 4.69) is 40.7 Å². The Balaban J connectivity index is 1.35. The Labute approximate surface area is 315 Å². The van der Waals surface area contributed by atoms with Gasteiger partial charge >= 0.3 is 0 Å². The van der Waals surface area contributed by atoms with E-state index in [4.69, 9.17) is 30.5 Å². The van der Waals surface area contributed by atoms with Gasteiger partial charge in [0, 0.05) is 49.7 Å². The summed E-state index contributed by atoms with van der Waals surface area (Å²) < 4.78 is 55.1. The summed E-state index contributed by atoms with van der Waals surface area (Å²) >= 11 is 6.41. The van der Waals surface area contributed by atoms with Gasteiger partial charge in [-0.25, -0.2) is 13.1 Å². The highest BCUT2D eigenvalue weighted by molar-refractivity contribution is 7.90. The van der Waals surface area contributed by atoms with E-state index in [1.807, 2.05) is 25.1 Å². The third-order valence-corrected chi connectivity index (χ3v) is 14.2. The summed E-state index contributed by atoms with van der Waals surface area (Å²) in [5, 5.41) is -0.0245. The first-order valence-electron chi connectivity index (χ1n) is 19.3. The van der Waals surface area contributed by atoms with Crippen LogP contribution in [-0.2, 0) is 37.1 Å². The van der Waals surface area contributed by atoms with Gasteiger partial charge in [0.2, 0.25) is 10.0 Å². The standard InChI is InChI=1S/C40H58ClN3O7S/c1-27-8-7-10-35(40-50-25-33(26-51-40)43(2)3)34-15-12-31(34)24-44-19-6-5-9-29-22-32(41)14-11-28(29)17-21-49-37-16-13-30(23-36(37)44)39(45)42-52(46,47)38(27)18-20-48-4/h11,13-14,16,22-23,27,31,33-35,38,40H,5-10,12,15,17-21,24-26H2,1-4H3,(H,42,45)/t27-,31-,33-,34+,35+,38+,40+/m0/s1. The molecule has 0 radical (unpaired) electrons. The zero-order chi connectivity index (χ0) is 36.8. The van der Waals surface area contributed by atoms with Crippen LogP contribution < -0.4 is 14.4 Å². The number of nitrogens with zero attached hydrogens (tertiary/aromatic N) is 2. The van der Waals surface area contributed by atoms with Crippen molar-refractivity contribution in [3.05, 3.63) is 58.1 Å². The van der Waals surface area contributed by atoms with Crippen molar-refractivity contribution in [2.75, 3.05) is 65.6 Å². The van der Waals surface area contributed by atoms with E-state index in [9.17, 15) is 13.2 Å². The normalized spacial score (nSPS) is 30.4. The van der Waals surface area contributed by atoms with Gasteiger partial charge < -0.3 is 28.7 Å². The molecule has 1 saturated carbocycles. The van der Waals surface area contributed by atoms with Crippen molar-refractivity contribution in [2.24, 2.45) is 23.7 Å². The molecule has 52 heavy (non-hydrogen) atoms. The van der Waals surface area contributed by atoms with Crippen molar-refractivity contribution in [3.63, 3.8) is 0 Å². The van der Waals surface area contributed by atoms with Gasteiger partial charge in [0.1, 0.15) is 5.75 Å². The molecule has 10 nitrogen and oxygen atoms in total. The van der Waals surface area contributed by atoms with E-state index in [-0.39, 0.29) is 30.8 Å². The molecule has 2 fully saturated rings. The van der Waals surface area contributed by atoms with Gasteiger partial charge in [0.25, 0.3) is 5.91 Å². The molecule has 2 bridgehead atoms. The molecule has 3 aliphatic heterocycles. The molecule has 3 heterocycles. The molecule has 1 N–H and O–H groups in total. The number of carbonyl (C=O) groups is 1. The maximum absolute atomic E-state index is 13.9. The Morgan fingerprint density at radius 2 is 1.77 bits per heavy atom. The topological polar surface area (TPSA) is 107 Å². The lowest BCUT2D eigenvalue weighted by Gasteiger charge is -2.48. The molecular weight excluding hydrogens is 702 g/mol. The van der Waals surface area contributed by atoms with Gasteiger partial charge in [-0.1, -0.05) is 31.0 Å². The van der Waals surface area contributed by atoms with Gasteiger partial charge in [-0.05, 0) is 125 Å². The fraction of sp³-hybridized carbons (Fsp3) is 0.675. The molecule has 4 aliphatic rings. The predicted molar refractivity (Wildman–Crippen MR) is 205 cm³/mol. The van der Waals surface area contributed by atoms with Crippen LogP contribution in [0.2, 0.25) is 5.02 Å². The molecule has 0 unspecified atom stereocenters. The van der Waals surface area contributed by atoms with Gasteiger partial charge in [-0.3, -0.25) is 4.79 Å². The van der Waals surface area contributed by atoms with Crippen molar-refractivity contribution < 1.29 is 32.2 Å². The molecule has 2 aromatic carbocycles. The Morgan fingerprint density at radius 1 is 0.962 bits per heavy atom. The molecule has 288 valence electrons. The van der Waals surface area contributed by atoms with E-state index in [1.165, 1.54) is 11.1 Å². The van der Waals surface area contributed by atoms with Crippen molar-refractivity contribution in [1.29, 1.82) is 0 Å². The molecule has 1 aliphatic carbocycles. The molecule has 1 saturated heterocycles. The van der Waals surface area contributed by atoms with Crippen LogP contribution in [0.1, 0.15) is 79.8 Å². The van der Waals surface area contributed by atoms with Crippen LogP contribution in [0.4, 0.5) is 5.69 Å². The van der Waals surface area contributed by atoms with Crippen molar-refractivity contribution >= 4 is 33.2 Å². The van der Waals surface area contributed by atoms with E-state index in [1.54, 1.807) is 13.2 Å². The Hall–Kier alpha value is -2.41. The highest BCUT2D eigenvalue weighted by Crippen LogP contribution is 2.46. The molecule has 0 aromatic heterocycles. The number of anilines is 1. The molecule has 5 atom stereocenters. The predicted octanol–water partition coefficient (Wildman–Crippen LogP) is 6.33. The monoisotopic (exact) mass is 759 g/mol. The number of ether oxygens (including phenoxy) is 4. The van der Waals surface area contributed by atoms with Gasteiger partial charge in [0.15, 0.2) is 6.29 Å². The second kappa shape index (κ2) is 17.8. The summed E-state index contributed by atoms with van der Waals surface area (Å²) in [5.41, 5.74) is 3.63. The molecule has 0 spiro atoms. The fourth-order valence-corrected chi connectivity index (χ4v) is 10.6. The number of amides is 1. The number of halogens is 1. The lowest BCUT2D eigenvalue weighted by molar-refractivity contribution is -0.240. The fourth-order valence-electron chi connectivity index (χ4n) is 8.68. The lowest BCUT2D eigenvalue weighted by atomic mass is 9.65. The minimum atomic E-state index is -4.01. The van der Waals surface area contributed by atoms with Crippen LogP contribution >= 0.6 is 11.6 Å². The maximum Gasteiger partial charge on any atom is 0.264 e. The number of hydrogen-bond donors (Lipinski definition) is 1. The number of rotatable bonds is 5. The minimum absolute atomic E-state index is 0.181. The average molecular weight is 760 g/mol. The second-order valence-corrected chi connectivity index (χ2v) is 18.0. The van der Waals surface area contributed by atoms with Gasteiger partial charge in [0.05, 0.1) is 36.8 Å². The van der Waals surface area contributed by atoms with Crippen LogP contribution in [0.25, 0.3) is 0 Å². The van der Waals surface area contributed by atoms with Crippen LogP contribution in [0.5, 0.6) is 5.75 Å². The summed E-state index contributed by atoms with van der Waals surface area (Å²) in [6.07, 6.45) is 8.27. The first kappa shape index (κ1) is 39.3. The zero-order valence-electron chi connectivity index (χ0n) is 31.4. The Bertz CT molecular complexity index is 1620. The summed E-state index contributed by atoms with van der Waals surface area (Å²) in [6.45, 7) is 5.59. The Morgan fingerprint density at radius 3 is 2.50 bits per heavy atom. The summed E-state index contributed by atoms with van der Waals surface area (Å²) in [6, 6.07) is 11.7. The number of likely N-dealkylation sites (N-methyl/N-ethyl adjacent to an activating group) is 1.